The zero-order valence-electron chi connectivity index (χ0n) is 14.2. The average Bonchev–Trinajstić information content (AvgIpc) is 3.11. The third-order valence-electron chi connectivity index (χ3n) is 4.24. The maximum Gasteiger partial charge on any atom is 0.249 e. The molecule has 0 spiro atoms. The van der Waals surface area contributed by atoms with Crippen LogP contribution in [-0.2, 0) is 18.9 Å². The molecule has 0 radical (unpaired) electrons. The first-order valence-electron chi connectivity index (χ1n) is 7.49. The maximum atomic E-state index is 12.6. The highest BCUT2D eigenvalue weighted by atomic mass is 16.2. The first-order valence-corrected chi connectivity index (χ1v) is 7.49. The molecule has 0 aliphatic carbocycles. The molecule has 0 aliphatic heterocycles. The van der Waals surface area contributed by atoms with E-state index in [0.717, 1.165) is 33.8 Å². The standard InChI is InChI=1S/C15H21N7O/c1-8-13(10(3)20(5)17-8)16-15(23)11(4)22-7-12-14(19-22)9(2)18-21(12)6/h7,11H,1-6H3,(H,16,23). The highest BCUT2D eigenvalue weighted by Crippen LogP contribution is 2.22. The number of nitrogens with zero attached hydrogens (tertiary/aromatic N) is 6. The van der Waals surface area contributed by atoms with Gasteiger partial charge in [0, 0.05) is 14.1 Å². The minimum absolute atomic E-state index is 0.123. The second-order valence-electron chi connectivity index (χ2n) is 5.89. The number of aromatic nitrogens is 6. The van der Waals surface area contributed by atoms with Gasteiger partial charge in [-0.15, -0.1) is 0 Å². The summed E-state index contributed by atoms with van der Waals surface area (Å²) in [5.74, 6) is -0.123. The molecule has 8 nitrogen and oxygen atoms in total. The number of rotatable bonds is 3. The number of hydrogen-bond acceptors (Lipinski definition) is 4. The fraction of sp³-hybridized carbons (Fsp3) is 0.467. The van der Waals surface area contributed by atoms with Crippen molar-refractivity contribution < 1.29 is 4.79 Å². The number of amides is 1. The molecule has 1 unspecified atom stereocenters. The Labute approximate surface area is 134 Å². The molecular weight excluding hydrogens is 294 g/mol. The van der Waals surface area contributed by atoms with Crippen LogP contribution in [0.2, 0.25) is 0 Å². The van der Waals surface area contributed by atoms with E-state index in [-0.39, 0.29) is 5.91 Å². The van der Waals surface area contributed by atoms with Crippen molar-refractivity contribution in [1.29, 1.82) is 0 Å². The van der Waals surface area contributed by atoms with Crippen LogP contribution in [-0.4, -0.2) is 35.2 Å². The summed E-state index contributed by atoms with van der Waals surface area (Å²) in [6, 6.07) is -0.430. The van der Waals surface area contributed by atoms with Gasteiger partial charge >= 0.3 is 0 Å². The number of carbonyl (C=O) groups excluding carboxylic acids is 1. The van der Waals surface area contributed by atoms with Crippen molar-refractivity contribution in [2.24, 2.45) is 14.1 Å². The van der Waals surface area contributed by atoms with Gasteiger partial charge in [0.2, 0.25) is 5.91 Å². The molecule has 23 heavy (non-hydrogen) atoms. The fourth-order valence-corrected chi connectivity index (χ4v) is 2.70. The third kappa shape index (κ3) is 2.39. The van der Waals surface area contributed by atoms with Gasteiger partial charge in [0.15, 0.2) is 0 Å². The molecule has 1 amide bonds. The van der Waals surface area contributed by atoms with E-state index in [1.165, 1.54) is 0 Å². The van der Waals surface area contributed by atoms with Crippen molar-refractivity contribution >= 4 is 22.6 Å². The normalized spacial score (nSPS) is 12.8. The lowest BCUT2D eigenvalue weighted by Gasteiger charge is -2.13. The van der Waals surface area contributed by atoms with E-state index in [1.54, 1.807) is 14.0 Å². The van der Waals surface area contributed by atoms with Gasteiger partial charge in [0.05, 0.1) is 29.0 Å². The second kappa shape index (κ2) is 5.22. The molecule has 1 N–H and O–H groups in total. The minimum atomic E-state index is -0.430. The summed E-state index contributed by atoms with van der Waals surface area (Å²) in [5, 5.41) is 16.1. The molecule has 122 valence electrons. The first kappa shape index (κ1) is 15.3. The van der Waals surface area contributed by atoms with E-state index in [1.807, 2.05) is 48.0 Å². The summed E-state index contributed by atoms with van der Waals surface area (Å²) in [6.45, 7) is 7.54. The molecule has 3 aromatic heterocycles. The fourth-order valence-electron chi connectivity index (χ4n) is 2.70. The lowest BCUT2D eigenvalue weighted by Crippen LogP contribution is -2.24. The van der Waals surface area contributed by atoms with Crippen molar-refractivity contribution in [2.75, 3.05) is 5.32 Å². The molecule has 0 aliphatic rings. The van der Waals surface area contributed by atoms with Crippen molar-refractivity contribution in [1.82, 2.24) is 29.3 Å². The number of nitrogens with one attached hydrogen (secondary N) is 1. The van der Waals surface area contributed by atoms with Crippen LogP contribution >= 0.6 is 0 Å². The largest absolute Gasteiger partial charge is 0.321 e. The van der Waals surface area contributed by atoms with Crippen LogP contribution in [0.3, 0.4) is 0 Å². The monoisotopic (exact) mass is 315 g/mol. The molecule has 0 aromatic carbocycles. The number of aryl methyl sites for hydroxylation is 4. The van der Waals surface area contributed by atoms with Gasteiger partial charge in [0.1, 0.15) is 17.1 Å². The highest BCUT2D eigenvalue weighted by molar-refractivity contribution is 5.94. The van der Waals surface area contributed by atoms with Gasteiger partial charge in [0.25, 0.3) is 0 Å². The van der Waals surface area contributed by atoms with Gasteiger partial charge < -0.3 is 5.32 Å². The van der Waals surface area contributed by atoms with Crippen molar-refractivity contribution in [2.45, 2.75) is 33.7 Å². The molecule has 1 atom stereocenters. The molecule has 8 heteroatoms. The lowest BCUT2D eigenvalue weighted by atomic mass is 10.2. The summed E-state index contributed by atoms with van der Waals surface area (Å²) in [5.41, 5.74) is 5.08. The van der Waals surface area contributed by atoms with Crippen molar-refractivity contribution in [3.8, 4) is 0 Å². The molecule has 0 saturated carbocycles. The van der Waals surface area contributed by atoms with E-state index in [4.69, 9.17) is 0 Å². The molecule has 0 saturated heterocycles. The average molecular weight is 315 g/mol. The Hall–Kier alpha value is -2.64. The van der Waals surface area contributed by atoms with E-state index in [9.17, 15) is 4.79 Å². The summed E-state index contributed by atoms with van der Waals surface area (Å²) in [4.78, 5) is 12.6. The van der Waals surface area contributed by atoms with E-state index >= 15 is 0 Å². The van der Waals surface area contributed by atoms with Gasteiger partial charge in [-0.1, -0.05) is 0 Å². The van der Waals surface area contributed by atoms with Crippen LogP contribution in [0, 0.1) is 20.8 Å². The SMILES string of the molecule is Cc1nn(C)c(C)c1NC(=O)C(C)n1cc2c(n1)c(C)nn2C. The van der Waals surface area contributed by atoms with Gasteiger partial charge in [-0.3, -0.25) is 18.8 Å². The van der Waals surface area contributed by atoms with Crippen molar-refractivity contribution in [3.63, 3.8) is 0 Å². The van der Waals surface area contributed by atoms with E-state index in [2.05, 4.69) is 20.6 Å². The molecule has 3 aromatic rings. The Morgan fingerprint density at radius 1 is 1.09 bits per heavy atom. The Morgan fingerprint density at radius 2 is 1.74 bits per heavy atom. The summed E-state index contributed by atoms with van der Waals surface area (Å²) >= 11 is 0. The van der Waals surface area contributed by atoms with Crippen LogP contribution in [0.25, 0.3) is 11.0 Å². The van der Waals surface area contributed by atoms with Crippen LogP contribution in [0.15, 0.2) is 6.20 Å². The number of hydrogen-bond donors (Lipinski definition) is 1. The zero-order chi connectivity index (χ0) is 16.9. The Kier molecular flexibility index (Phi) is 3.46. The summed E-state index contributed by atoms with van der Waals surface area (Å²) in [6.07, 6.45) is 1.85. The quantitative estimate of drug-likeness (QED) is 0.796. The van der Waals surface area contributed by atoms with E-state index in [0.29, 0.717) is 0 Å². The molecule has 0 bridgehead atoms. The second-order valence-corrected chi connectivity index (χ2v) is 5.89. The van der Waals surface area contributed by atoms with E-state index < -0.39 is 6.04 Å². The maximum absolute atomic E-state index is 12.6. The summed E-state index contributed by atoms with van der Waals surface area (Å²) < 4.78 is 5.21. The number of carbonyl (C=O) groups is 1. The topological polar surface area (TPSA) is 82.6 Å². The Morgan fingerprint density at radius 3 is 2.30 bits per heavy atom. The molecule has 3 heterocycles. The van der Waals surface area contributed by atoms with Crippen LogP contribution in [0.5, 0.6) is 0 Å². The Bertz CT molecular complexity index is 864. The van der Waals surface area contributed by atoms with Gasteiger partial charge in [-0.2, -0.15) is 15.3 Å². The third-order valence-corrected chi connectivity index (χ3v) is 4.24. The number of anilines is 1. The number of fused-ring (bicyclic) bond motifs is 1. The van der Waals surface area contributed by atoms with Crippen molar-refractivity contribution in [3.05, 3.63) is 23.3 Å². The predicted octanol–water partition coefficient (Wildman–Crippen LogP) is 1.63. The Balaban J connectivity index is 1.87. The molecule has 3 rings (SSSR count). The zero-order valence-corrected chi connectivity index (χ0v) is 14.2. The van der Waals surface area contributed by atoms with Crippen LogP contribution < -0.4 is 5.32 Å². The highest BCUT2D eigenvalue weighted by Gasteiger charge is 2.21. The molecule has 0 fully saturated rings. The predicted molar refractivity (Wildman–Crippen MR) is 87.3 cm³/mol. The smallest absolute Gasteiger partial charge is 0.249 e. The van der Waals surface area contributed by atoms with Gasteiger partial charge in [-0.05, 0) is 27.7 Å². The minimum Gasteiger partial charge on any atom is -0.321 e. The molecular formula is C15H21N7O. The summed E-state index contributed by atoms with van der Waals surface area (Å²) in [7, 11) is 3.73. The van der Waals surface area contributed by atoms with Gasteiger partial charge in [-0.25, -0.2) is 0 Å². The first-order chi connectivity index (χ1) is 10.8. The lowest BCUT2D eigenvalue weighted by molar-refractivity contribution is -0.119. The van der Waals surface area contributed by atoms with Crippen LogP contribution in [0.1, 0.15) is 30.0 Å². The van der Waals surface area contributed by atoms with Crippen LogP contribution in [0.4, 0.5) is 5.69 Å².